The van der Waals surface area contributed by atoms with Crippen LogP contribution in [0.5, 0.6) is 6.01 Å². The third-order valence-corrected chi connectivity index (χ3v) is 10.1. The van der Waals surface area contributed by atoms with E-state index in [0.29, 0.717) is 73.9 Å². The van der Waals surface area contributed by atoms with Gasteiger partial charge in [0, 0.05) is 31.0 Å². The fraction of sp³-hybridized carbons (Fsp3) is 0.590. The molecule has 0 aliphatic carbocycles. The molecule has 0 unspecified atom stereocenters. The summed E-state index contributed by atoms with van der Waals surface area (Å²) in [6, 6.07) is 5.25. The van der Waals surface area contributed by atoms with Gasteiger partial charge in [0.05, 0.1) is 12.6 Å². The number of carbonyl (C=O) groups excluding carboxylic acids is 3. The van der Waals surface area contributed by atoms with Gasteiger partial charge in [-0.2, -0.15) is 26.7 Å². The molecule has 3 amide bonds. The highest BCUT2D eigenvalue weighted by Crippen LogP contribution is 2.25. The van der Waals surface area contributed by atoms with Crippen LogP contribution in [0.1, 0.15) is 80.6 Å². The van der Waals surface area contributed by atoms with Crippen LogP contribution in [-0.4, -0.2) is 118 Å². The number of hydrogen-bond acceptors (Lipinski definition) is 14. The lowest BCUT2D eigenvalue weighted by Crippen LogP contribution is -2.47. The Morgan fingerprint density at radius 1 is 0.877 bits per heavy atom. The highest BCUT2D eigenvalue weighted by Gasteiger charge is 2.22. The molecule has 2 radical (unpaired) electrons. The largest absolute Gasteiger partial charge is 0.480 e. The number of fused-ring (bicyclic) bond motifs is 1. The van der Waals surface area contributed by atoms with E-state index in [1.54, 1.807) is 42.4 Å². The van der Waals surface area contributed by atoms with Crippen LogP contribution in [0.15, 0.2) is 24.3 Å². The number of nitrogen functional groups attached to an aromatic ring is 1. The number of imidazole rings is 1. The van der Waals surface area contributed by atoms with Crippen LogP contribution in [0.3, 0.4) is 0 Å². The van der Waals surface area contributed by atoms with Crippen molar-refractivity contribution < 1.29 is 19.5 Å². The van der Waals surface area contributed by atoms with Crippen LogP contribution in [0.25, 0.3) is 11.2 Å². The molecule has 3 aromatic rings. The highest BCUT2D eigenvalue weighted by atomic mass is 32.2. The van der Waals surface area contributed by atoms with Crippen molar-refractivity contribution in [2.75, 3.05) is 74.9 Å². The smallest absolute Gasteiger partial charge is 0.296 e. The number of aromatic nitrogens is 4. The molecule has 0 fully saturated rings. The zero-order valence-electron chi connectivity index (χ0n) is 33.5. The molecule has 1 aromatic carbocycles. The summed E-state index contributed by atoms with van der Waals surface area (Å²) in [4.78, 5) is 52.1. The van der Waals surface area contributed by atoms with Crippen molar-refractivity contribution in [1.82, 2.24) is 46.1 Å². The predicted octanol–water partition coefficient (Wildman–Crippen LogP) is 1.67. The zero-order chi connectivity index (χ0) is 41.3. The van der Waals surface area contributed by atoms with Crippen LogP contribution in [-0.2, 0) is 16.1 Å². The minimum Gasteiger partial charge on any atom is -0.480 e. The summed E-state index contributed by atoms with van der Waals surface area (Å²) in [6.07, 6.45) is 9.18. The van der Waals surface area contributed by atoms with E-state index in [2.05, 4.69) is 60.7 Å². The SMILES string of the molecule is [CH2][CH]CSC[C@H](N)C(=O)NCCCC[C@H](NC(=O)c1ccc(Cn2c(O)nc3c(N)nc(NCCCC)nc32)cc1)C(=O)NCCCNCCCCNCCCN. The van der Waals surface area contributed by atoms with Crippen molar-refractivity contribution in [2.24, 2.45) is 11.5 Å². The summed E-state index contributed by atoms with van der Waals surface area (Å²) in [7, 11) is 0. The summed E-state index contributed by atoms with van der Waals surface area (Å²) in [5.74, 6) is 0.866. The molecular weight excluding hydrogens is 747 g/mol. The van der Waals surface area contributed by atoms with Crippen LogP contribution in [0.4, 0.5) is 11.8 Å². The van der Waals surface area contributed by atoms with Crippen molar-refractivity contribution in [3.05, 3.63) is 48.7 Å². The number of carbonyl (C=O) groups is 3. The molecule has 18 heteroatoms. The molecule has 0 aliphatic heterocycles. The Kier molecular flexibility index (Phi) is 22.7. The molecule has 3 rings (SSSR count). The van der Waals surface area contributed by atoms with E-state index < -0.39 is 18.0 Å². The topological polar surface area (TPSA) is 265 Å². The number of hydrogen-bond donors (Lipinski definition) is 10. The monoisotopic (exact) mass is 812 g/mol. The number of nitrogens with zero attached hydrogens (tertiary/aromatic N) is 4. The van der Waals surface area contributed by atoms with Crippen molar-refractivity contribution in [3.63, 3.8) is 0 Å². The Labute approximate surface area is 341 Å². The van der Waals surface area contributed by atoms with Crippen LogP contribution >= 0.6 is 11.8 Å². The Morgan fingerprint density at radius 3 is 2.25 bits per heavy atom. The van der Waals surface area contributed by atoms with Gasteiger partial charge in [-0.1, -0.05) is 25.5 Å². The van der Waals surface area contributed by atoms with E-state index in [4.69, 9.17) is 17.2 Å². The molecule has 0 spiro atoms. The molecule has 0 aliphatic rings. The second-order valence-corrected chi connectivity index (χ2v) is 14.9. The summed E-state index contributed by atoms with van der Waals surface area (Å²) in [5, 5.41) is 29.4. The van der Waals surface area contributed by atoms with Crippen LogP contribution in [0.2, 0.25) is 0 Å². The maximum absolute atomic E-state index is 13.5. The summed E-state index contributed by atoms with van der Waals surface area (Å²) in [6.45, 7) is 11.8. The molecule has 2 heterocycles. The Hall–Kier alpha value is -4.23. The van der Waals surface area contributed by atoms with E-state index >= 15 is 0 Å². The van der Waals surface area contributed by atoms with Gasteiger partial charge in [-0.15, -0.1) is 0 Å². The standard InChI is InChI=1S/C39H65N13O4S/c1-3-5-22-47-38-50-33(42)32-34(51-38)52(39(56)49-32)26-28-13-15-29(16-14-28)35(53)48-31(12-6-7-23-45-36(54)30(41)27-57-25-4-2)37(55)46-24-11-21-44-19-9-8-18-43-20-10-17-40/h4,13-16,30-31,43-44H,2-3,5-12,17-27,40-41H2,1H3,(H,45,54)(H,46,55)(H,48,53)(H,49,56)(H3,42,47,50,51)/t30-,31-/m0/s1. The average Bonchev–Trinajstić information content (AvgIpc) is 3.52. The van der Waals surface area contributed by atoms with E-state index in [1.165, 1.54) is 4.57 Å². The maximum Gasteiger partial charge on any atom is 0.296 e. The first-order chi connectivity index (χ1) is 27.7. The third-order valence-electron chi connectivity index (χ3n) is 9.03. The fourth-order valence-electron chi connectivity index (χ4n) is 5.76. The van der Waals surface area contributed by atoms with Gasteiger partial charge in [0.1, 0.15) is 6.04 Å². The quantitative estimate of drug-likeness (QED) is 0.0415. The highest BCUT2D eigenvalue weighted by molar-refractivity contribution is 7.99. The van der Waals surface area contributed by atoms with Crippen molar-refractivity contribution in [1.29, 1.82) is 0 Å². The summed E-state index contributed by atoms with van der Waals surface area (Å²) >= 11 is 1.54. The molecule has 57 heavy (non-hydrogen) atoms. The predicted molar refractivity (Wildman–Crippen MR) is 230 cm³/mol. The normalized spacial score (nSPS) is 12.4. The first-order valence-electron chi connectivity index (χ1n) is 20.2. The molecule has 13 N–H and O–H groups in total. The van der Waals surface area contributed by atoms with Gasteiger partial charge in [-0.3, -0.25) is 19.0 Å². The van der Waals surface area contributed by atoms with E-state index in [-0.39, 0.29) is 30.2 Å². The number of unbranched alkanes of at least 4 members (excludes halogenated alkanes) is 3. The summed E-state index contributed by atoms with van der Waals surface area (Å²) in [5.41, 5.74) is 19.5. The maximum atomic E-state index is 13.5. The number of rotatable bonds is 31. The molecule has 0 bridgehead atoms. The van der Waals surface area contributed by atoms with Crippen molar-refractivity contribution >= 4 is 52.4 Å². The Balaban J connectivity index is 1.56. The molecule has 2 aromatic heterocycles. The van der Waals surface area contributed by atoms with Gasteiger partial charge >= 0.3 is 0 Å². The van der Waals surface area contributed by atoms with Gasteiger partial charge in [0.2, 0.25) is 17.8 Å². The molecule has 17 nitrogen and oxygen atoms in total. The van der Waals surface area contributed by atoms with Crippen molar-refractivity contribution in [2.45, 2.75) is 83.3 Å². The molecular formula is C39H65N13O4S. The zero-order valence-corrected chi connectivity index (χ0v) is 34.3. The third kappa shape index (κ3) is 17.4. The lowest BCUT2D eigenvalue weighted by atomic mass is 10.1. The van der Waals surface area contributed by atoms with Crippen LogP contribution in [0, 0.1) is 13.3 Å². The second kappa shape index (κ2) is 27.4. The van der Waals surface area contributed by atoms with Gasteiger partial charge in [-0.05, 0) is 121 Å². The van der Waals surface area contributed by atoms with Crippen LogP contribution < -0.4 is 49.1 Å². The van der Waals surface area contributed by atoms with Gasteiger partial charge in [0.25, 0.3) is 11.9 Å². The number of amides is 3. The van der Waals surface area contributed by atoms with Gasteiger partial charge in [-0.25, -0.2) is 0 Å². The average molecular weight is 812 g/mol. The number of nitrogens with two attached hydrogens (primary N) is 3. The fourth-order valence-corrected chi connectivity index (χ4v) is 6.47. The molecule has 2 atom stereocenters. The van der Waals surface area contributed by atoms with Gasteiger partial charge < -0.3 is 54.2 Å². The summed E-state index contributed by atoms with van der Waals surface area (Å²) < 4.78 is 1.53. The lowest BCUT2D eigenvalue weighted by molar-refractivity contribution is -0.123. The van der Waals surface area contributed by atoms with Crippen molar-refractivity contribution in [3.8, 4) is 6.01 Å². The second-order valence-electron chi connectivity index (χ2n) is 13.8. The minimum atomic E-state index is -0.773. The van der Waals surface area contributed by atoms with Gasteiger partial charge in [0.15, 0.2) is 17.0 Å². The first-order valence-corrected chi connectivity index (χ1v) is 21.3. The first kappa shape index (κ1) is 47.1. The van der Waals surface area contributed by atoms with E-state index in [0.717, 1.165) is 76.0 Å². The molecule has 0 saturated heterocycles. The molecule has 0 saturated carbocycles. The van der Waals surface area contributed by atoms with E-state index in [9.17, 15) is 19.5 Å². The lowest BCUT2D eigenvalue weighted by Gasteiger charge is -2.19. The number of benzene rings is 1. The number of aromatic hydroxyl groups is 1. The Bertz CT molecular complexity index is 1630. The Morgan fingerprint density at radius 2 is 1.54 bits per heavy atom. The number of anilines is 2. The van der Waals surface area contributed by atoms with E-state index in [1.807, 2.05) is 0 Å². The number of nitrogens with one attached hydrogen (secondary N) is 6. The number of thioether (sulfide) groups is 1. The minimum absolute atomic E-state index is 0.159. The molecule has 316 valence electrons.